The Kier molecular flexibility index (Phi) is 4.50. The van der Waals surface area contributed by atoms with Crippen LogP contribution in [0.25, 0.3) is 0 Å². The van der Waals surface area contributed by atoms with Crippen LogP contribution in [-0.2, 0) is 6.42 Å². The molecule has 1 amide bonds. The fraction of sp³-hybridized carbons (Fsp3) is 0.182. The number of aryl methyl sites for hydroxylation is 1. The van der Waals surface area contributed by atoms with Crippen molar-refractivity contribution in [1.29, 1.82) is 5.26 Å². The highest BCUT2D eigenvalue weighted by Crippen LogP contribution is 2.37. The van der Waals surface area contributed by atoms with Gasteiger partial charge >= 0.3 is 0 Å². The summed E-state index contributed by atoms with van der Waals surface area (Å²) in [6, 6.07) is 19.1. The van der Waals surface area contributed by atoms with Gasteiger partial charge in [-0.25, -0.2) is 9.97 Å². The molecule has 138 valence electrons. The third-order valence-corrected chi connectivity index (χ3v) is 4.76. The van der Waals surface area contributed by atoms with Crippen LogP contribution in [0.15, 0.2) is 54.6 Å². The second kappa shape index (κ2) is 7.12. The maximum Gasteiger partial charge on any atom is 0.274 e. The summed E-state index contributed by atoms with van der Waals surface area (Å²) in [6.07, 6.45) is 0.932. The Hall–Kier alpha value is -3.72. The summed E-state index contributed by atoms with van der Waals surface area (Å²) >= 11 is 0. The number of aromatic nitrogens is 2. The maximum atomic E-state index is 12.8. The van der Waals surface area contributed by atoms with Gasteiger partial charge in [0.15, 0.2) is 0 Å². The predicted octanol–water partition coefficient (Wildman–Crippen LogP) is 3.99. The zero-order chi connectivity index (χ0) is 19.7. The molecule has 1 aliphatic rings. The number of nitrogens with one attached hydrogen (secondary N) is 1. The lowest BCUT2D eigenvalue weighted by Gasteiger charge is -2.24. The van der Waals surface area contributed by atoms with Gasteiger partial charge in [-0.15, -0.1) is 0 Å². The van der Waals surface area contributed by atoms with Gasteiger partial charge in [0.05, 0.1) is 11.6 Å². The van der Waals surface area contributed by atoms with Crippen LogP contribution in [0.4, 0.5) is 17.2 Å². The molecular weight excluding hydrogens is 350 g/mol. The molecule has 0 aliphatic carbocycles. The highest BCUT2D eigenvalue weighted by atomic mass is 16.1. The van der Waals surface area contributed by atoms with Gasteiger partial charge in [0.25, 0.3) is 5.91 Å². The molecule has 6 heteroatoms. The largest absolute Gasteiger partial charge is 0.323 e. The number of benzene rings is 2. The molecule has 0 fully saturated rings. The van der Waals surface area contributed by atoms with Gasteiger partial charge in [0.2, 0.25) is 0 Å². The minimum absolute atomic E-state index is 0.245. The van der Waals surface area contributed by atoms with Gasteiger partial charge in [-0.1, -0.05) is 24.3 Å². The summed E-state index contributed by atoms with van der Waals surface area (Å²) < 4.78 is 0. The molecule has 1 N–H and O–H groups in total. The minimum atomic E-state index is -0.332. The van der Waals surface area contributed by atoms with Crippen molar-refractivity contribution >= 4 is 23.1 Å². The average Bonchev–Trinajstić information content (AvgIpc) is 3.03. The number of anilines is 3. The van der Waals surface area contributed by atoms with Gasteiger partial charge in [-0.05, 0) is 50.1 Å². The third-order valence-electron chi connectivity index (χ3n) is 4.76. The molecule has 0 radical (unpaired) electrons. The third kappa shape index (κ3) is 3.30. The number of fused-ring (bicyclic) bond motifs is 1. The molecule has 2 heterocycles. The van der Waals surface area contributed by atoms with Crippen molar-refractivity contribution < 1.29 is 4.79 Å². The van der Waals surface area contributed by atoms with E-state index in [9.17, 15) is 4.79 Å². The SMILES string of the molecule is Cc1nc(C(=O)Nc2cccc(C#N)c2)cc(N2c3ccccc3CC2C)n1. The van der Waals surface area contributed by atoms with Crippen LogP contribution in [0, 0.1) is 18.3 Å². The van der Waals surface area contributed by atoms with E-state index in [1.807, 2.05) is 12.1 Å². The molecule has 1 aromatic heterocycles. The highest BCUT2D eigenvalue weighted by molar-refractivity contribution is 6.03. The Balaban J connectivity index is 1.66. The standard InChI is InChI=1S/C22H19N5O/c1-14-10-17-7-3-4-9-20(17)27(14)21-12-19(24-15(2)25-21)22(28)26-18-8-5-6-16(11-18)13-23/h3-9,11-12,14H,10H2,1-2H3,(H,26,28). The Morgan fingerprint density at radius 1 is 1.18 bits per heavy atom. The van der Waals surface area contributed by atoms with E-state index in [4.69, 9.17) is 5.26 Å². The molecule has 3 aromatic rings. The summed E-state index contributed by atoms with van der Waals surface area (Å²) in [5.41, 5.74) is 3.72. The van der Waals surface area contributed by atoms with E-state index < -0.39 is 0 Å². The summed E-state index contributed by atoms with van der Waals surface area (Å²) in [5, 5.41) is 11.8. The van der Waals surface area contributed by atoms with Crippen molar-refractivity contribution in [2.75, 3.05) is 10.2 Å². The summed E-state index contributed by atoms with van der Waals surface area (Å²) in [5.74, 6) is 0.910. The first-order valence-electron chi connectivity index (χ1n) is 9.09. The smallest absolute Gasteiger partial charge is 0.274 e. The van der Waals surface area contributed by atoms with E-state index >= 15 is 0 Å². The van der Waals surface area contributed by atoms with E-state index in [-0.39, 0.29) is 11.9 Å². The van der Waals surface area contributed by atoms with Gasteiger partial charge in [-0.2, -0.15) is 5.26 Å². The molecule has 1 unspecified atom stereocenters. The normalized spacial score (nSPS) is 15.0. The first-order chi connectivity index (χ1) is 13.5. The number of amides is 1. The fourth-order valence-electron chi connectivity index (χ4n) is 3.57. The number of para-hydroxylation sites is 1. The Morgan fingerprint density at radius 3 is 2.82 bits per heavy atom. The lowest BCUT2D eigenvalue weighted by Crippen LogP contribution is -2.26. The molecule has 2 aromatic carbocycles. The highest BCUT2D eigenvalue weighted by Gasteiger charge is 2.28. The fourth-order valence-corrected chi connectivity index (χ4v) is 3.57. The van der Waals surface area contributed by atoms with E-state index in [0.29, 0.717) is 28.6 Å². The van der Waals surface area contributed by atoms with E-state index in [2.05, 4.69) is 45.3 Å². The zero-order valence-corrected chi connectivity index (χ0v) is 15.7. The van der Waals surface area contributed by atoms with E-state index in [1.165, 1.54) is 5.56 Å². The number of rotatable bonds is 3. The number of carbonyl (C=O) groups is 1. The first-order valence-corrected chi connectivity index (χ1v) is 9.09. The van der Waals surface area contributed by atoms with E-state index in [0.717, 1.165) is 12.1 Å². The zero-order valence-electron chi connectivity index (χ0n) is 15.7. The van der Waals surface area contributed by atoms with Crippen molar-refractivity contribution in [3.05, 3.63) is 77.2 Å². The van der Waals surface area contributed by atoms with Gasteiger partial charge in [0.1, 0.15) is 17.3 Å². The second-order valence-corrected chi connectivity index (χ2v) is 6.86. The lowest BCUT2D eigenvalue weighted by atomic mass is 10.1. The van der Waals surface area contributed by atoms with Crippen LogP contribution in [0.3, 0.4) is 0 Å². The summed E-state index contributed by atoms with van der Waals surface area (Å²) in [6.45, 7) is 3.92. The Bertz CT molecular complexity index is 1100. The van der Waals surface area contributed by atoms with Crippen LogP contribution in [0.1, 0.15) is 34.4 Å². The molecule has 6 nitrogen and oxygen atoms in total. The monoisotopic (exact) mass is 369 g/mol. The molecule has 1 atom stereocenters. The average molecular weight is 369 g/mol. The Morgan fingerprint density at radius 2 is 2.00 bits per heavy atom. The van der Waals surface area contributed by atoms with Crippen molar-refractivity contribution in [1.82, 2.24) is 9.97 Å². The quantitative estimate of drug-likeness (QED) is 0.755. The molecule has 0 saturated heterocycles. The first kappa shape index (κ1) is 17.7. The number of hydrogen-bond acceptors (Lipinski definition) is 5. The molecule has 1 aliphatic heterocycles. The molecule has 0 saturated carbocycles. The van der Waals surface area contributed by atoms with Crippen LogP contribution < -0.4 is 10.2 Å². The van der Waals surface area contributed by atoms with Gasteiger partial charge in [0, 0.05) is 23.5 Å². The molecular formula is C22H19N5O. The number of nitriles is 1. The lowest BCUT2D eigenvalue weighted by molar-refractivity contribution is 0.102. The summed E-state index contributed by atoms with van der Waals surface area (Å²) in [7, 11) is 0. The summed E-state index contributed by atoms with van der Waals surface area (Å²) in [4.78, 5) is 23.8. The molecule has 0 spiro atoms. The van der Waals surface area contributed by atoms with Crippen LogP contribution in [0.2, 0.25) is 0 Å². The maximum absolute atomic E-state index is 12.8. The topological polar surface area (TPSA) is 81.9 Å². The van der Waals surface area contributed by atoms with Crippen molar-refractivity contribution in [3.8, 4) is 6.07 Å². The predicted molar refractivity (Wildman–Crippen MR) is 108 cm³/mol. The second-order valence-electron chi connectivity index (χ2n) is 6.86. The van der Waals surface area contributed by atoms with Crippen molar-refractivity contribution in [2.45, 2.75) is 26.3 Å². The van der Waals surface area contributed by atoms with Crippen molar-refractivity contribution in [2.24, 2.45) is 0 Å². The minimum Gasteiger partial charge on any atom is -0.323 e. The van der Waals surface area contributed by atoms with Gasteiger partial charge < -0.3 is 10.2 Å². The molecule has 4 rings (SSSR count). The molecule has 0 bridgehead atoms. The Labute approximate surface area is 163 Å². The van der Waals surface area contributed by atoms with Crippen molar-refractivity contribution in [3.63, 3.8) is 0 Å². The molecule has 28 heavy (non-hydrogen) atoms. The van der Waals surface area contributed by atoms with Crippen LogP contribution in [-0.4, -0.2) is 21.9 Å². The number of carbonyl (C=O) groups excluding carboxylic acids is 1. The van der Waals surface area contributed by atoms with Gasteiger partial charge in [-0.3, -0.25) is 4.79 Å². The number of nitrogens with zero attached hydrogens (tertiary/aromatic N) is 4. The van der Waals surface area contributed by atoms with Crippen LogP contribution >= 0.6 is 0 Å². The van der Waals surface area contributed by atoms with E-state index in [1.54, 1.807) is 37.3 Å². The number of hydrogen-bond donors (Lipinski definition) is 1. The van der Waals surface area contributed by atoms with Crippen LogP contribution in [0.5, 0.6) is 0 Å².